The molecule has 2 aliphatic rings. The molecule has 1 atom stereocenters. The van der Waals surface area contributed by atoms with Crippen molar-refractivity contribution < 1.29 is 18.4 Å². The minimum atomic E-state index is -0.669. The van der Waals surface area contributed by atoms with E-state index in [2.05, 4.69) is 16.9 Å². The molecule has 1 unspecified atom stereocenters. The van der Waals surface area contributed by atoms with E-state index in [1.807, 2.05) is 4.90 Å². The van der Waals surface area contributed by atoms with Gasteiger partial charge in [0.25, 0.3) is 5.91 Å². The fourth-order valence-electron chi connectivity index (χ4n) is 5.17. The van der Waals surface area contributed by atoms with Crippen molar-refractivity contribution >= 4 is 22.7 Å². The van der Waals surface area contributed by atoms with Crippen LogP contribution >= 0.6 is 0 Å². The summed E-state index contributed by atoms with van der Waals surface area (Å²) in [5.41, 5.74) is 9.15. The number of carbonyl (C=O) groups excluding carboxylic acids is 2. The molecule has 5 rings (SSSR count). The van der Waals surface area contributed by atoms with Gasteiger partial charge in [-0.15, -0.1) is 0 Å². The third kappa shape index (κ3) is 3.78. The quantitative estimate of drug-likeness (QED) is 0.641. The number of fused-ring (bicyclic) bond motifs is 3. The highest BCUT2D eigenvalue weighted by Gasteiger charge is 2.32. The van der Waals surface area contributed by atoms with Gasteiger partial charge in [0.2, 0.25) is 5.91 Å². The number of nitrogens with one attached hydrogen (secondary N) is 1. The minimum absolute atomic E-state index is 0.142. The van der Waals surface area contributed by atoms with Crippen molar-refractivity contribution in [1.29, 1.82) is 0 Å². The molecule has 1 aliphatic carbocycles. The second kappa shape index (κ2) is 8.26. The molecule has 3 N–H and O–H groups in total. The van der Waals surface area contributed by atoms with Gasteiger partial charge in [0.15, 0.2) is 0 Å². The number of H-pyrrole nitrogens is 1. The van der Waals surface area contributed by atoms with Crippen LogP contribution in [0.5, 0.6) is 0 Å². The zero-order valence-corrected chi connectivity index (χ0v) is 18.5. The van der Waals surface area contributed by atoms with Gasteiger partial charge in [0.05, 0.1) is 11.1 Å². The van der Waals surface area contributed by atoms with Gasteiger partial charge in [-0.25, -0.2) is 8.78 Å². The molecule has 0 spiro atoms. The number of nitrogens with two attached hydrogens (primary N) is 1. The maximum absolute atomic E-state index is 14.7. The fraction of sp³-hybridized carbons (Fsp3) is 0.360. The molecule has 0 bridgehead atoms. The van der Waals surface area contributed by atoms with Crippen molar-refractivity contribution in [1.82, 2.24) is 14.8 Å². The van der Waals surface area contributed by atoms with Crippen LogP contribution < -0.4 is 5.73 Å². The Bertz CT molecular complexity index is 1260. The first kappa shape index (κ1) is 21.6. The average Bonchev–Trinajstić information content (AvgIpc) is 3.17. The normalized spacial score (nSPS) is 19.0. The third-order valence-corrected chi connectivity index (χ3v) is 6.99. The molecule has 172 valence electrons. The topological polar surface area (TPSA) is 82.4 Å². The summed E-state index contributed by atoms with van der Waals surface area (Å²) in [6.45, 7) is 3.19. The molecule has 1 fully saturated rings. The Morgan fingerprint density at radius 3 is 2.48 bits per heavy atom. The van der Waals surface area contributed by atoms with Crippen molar-refractivity contribution in [3.63, 3.8) is 0 Å². The van der Waals surface area contributed by atoms with Gasteiger partial charge in [-0.2, -0.15) is 0 Å². The van der Waals surface area contributed by atoms with Crippen LogP contribution in [0.3, 0.4) is 0 Å². The van der Waals surface area contributed by atoms with E-state index in [0.717, 1.165) is 48.9 Å². The number of hydrogen-bond donors (Lipinski definition) is 2. The van der Waals surface area contributed by atoms with E-state index in [1.54, 1.807) is 12.1 Å². The smallest absolute Gasteiger partial charge is 0.250 e. The number of likely N-dealkylation sites (N-methyl/N-ethyl adjacent to an activating group) is 1. The summed E-state index contributed by atoms with van der Waals surface area (Å²) in [6, 6.07) is 6.71. The average molecular weight is 453 g/mol. The molecule has 33 heavy (non-hydrogen) atoms. The van der Waals surface area contributed by atoms with E-state index >= 15 is 0 Å². The molecule has 1 aromatic heterocycles. The van der Waals surface area contributed by atoms with E-state index in [4.69, 9.17) is 5.73 Å². The second-order valence-electron chi connectivity index (χ2n) is 9.05. The lowest BCUT2D eigenvalue weighted by Crippen LogP contribution is -2.49. The first-order valence-corrected chi connectivity index (χ1v) is 11.2. The molecule has 6 nitrogen and oxygen atoms in total. The molecule has 2 aromatic carbocycles. The molecule has 0 radical (unpaired) electrons. The number of rotatable bonds is 3. The van der Waals surface area contributed by atoms with Gasteiger partial charge in [-0.05, 0) is 55.6 Å². The fourth-order valence-corrected chi connectivity index (χ4v) is 5.17. The first-order valence-electron chi connectivity index (χ1n) is 11.2. The molecule has 1 aliphatic heterocycles. The van der Waals surface area contributed by atoms with E-state index in [1.165, 1.54) is 12.1 Å². The van der Waals surface area contributed by atoms with Crippen LogP contribution in [0.1, 0.15) is 28.0 Å². The number of primary amides is 1. The zero-order chi connectivity index (χ0) is 23.3. The number of halogens is 2. The lowest BCUT2D eigenvalue weighted by molar-refractivity contribution is -0.137. The van der Waals surface area contributed by atoms with Gasteiger partial charge < -0.3 is 20.5 Å². The highest BCUT2D eigenvalue weighted by Crippen LogP contribution is 2.40. The van der Waals surface area contributed by atoms with Crippen LogP contribution in [0.15, 0.2) is 30.3 Å². The monoisotopic (exact) mass is 452 g/mol. The number of aromatic nitrogens is 1. The number of piperazine rings is 1. The maximum atomic E-state index is 14.7. The summed E-state index contributed by atoms with van der Waals surface area (Å²) in [5, 5.41) is 0.720. The van der Waals surface area contributed by atoms with Crippen molar-refractivity contribution in [3.05, 3.63) is 58.8 Å². The summed E-state index contributed by atoms with van der Waals surface area (Å²) in [7, 11) is 2.05. The van der Waals surface area contributed by atoms with Crippen molar-refractivity contribution in [2.45, 2.75) is 19.3 Å². The van der Waals surface area contributed by atoms with Crippen LogP contribution in [0, 0.1) is 17.6 Å². The Kier molecular flexibility index (Phi) is 5.40. The van der Waals surface area contributed by atoms with Crippen LogP contribution in [0.25, 0.3) is 22.0 Å². The van der Waals surface area contributed by atoms with Gasteiger partial charge in [0.1, 0.15) is 11.6 Å². The van der Waals surface area contributed by atoms with Crippen molar-refractivity contribution in [2.75, 3.05) is 33.2 Å². The zero-order valence-electron chi connectivity index (χ0n) is 18.5. The largest absolute Gasteiger partial charge is 0.366 e. The minimum Gasteiger partial charge on any atom is -0.366 e. The standard InChI is InChI=1S/C25H26F2N4O2/c1-30-8-10-31(11-9-30)25(33)14-2-4-18-21(12-14)29-23-19(24(28)32)7-6-17(22(18)23)16-5-3-15(26)13-20(16)27/h3,5-7,13-14,29H,2,4,8-12H2,1H3,(H2,28,32). The molecule has 2 amide bonds. The number of nitrogens with zero attached hydrogens (tertiary/aromatic N) is 2. The van der Waals surface area contributed by atoms with Crippen molar-refractivity contribution in [2.24, 2.45) is 11.7 Å². The van der Waals surface area contributed by atoms with Crippen LogP contribution in [0.4, 0.5) is 8.78 Å². The number of carbonyl (C=O) groups is 2. The number of amides is 2. The summed E-state index contributed by atoms with van der Waals surface area (Å²) in [4.78, 5) is 32.7. The molecular weight excluding hydrogens is 426 g/mol. The van der Waals surface area contributed by atoms with E-state index in [-0.39, 0.29) is 17.4 Å². The van der Waals surface area contributed by atoms with E-state index in [9.17, 15) is 18.4 Å². The Labute approximate surface area is 190 Å². The van der Waals surface area contributed by atoms with Crippen LogP contribution in [-0.2, 0) is 17.6 Å². The van der Waals surface area contributed by atoms with Gasteiger partial charge >= 0.3 is 0 Å². The maximum Gasteiger partial charge on any atom is 0.250 e. The summed E-state index contributed by atoms with van der Waals surface area (Å²) in [6.07, 6.45) is 1.83. The first-order chi connectivity index (χ1) is 15.8. The van der Waals surface area contributed by atoms with Crippen LogP contribution in [0.2, 0.25) is 0 Å². The Balaban J connectivity index is 1.56. The summed E-state index contributed by atoms with van der Waals surface area (Å²) in [5.74, 6) is -1.89. The van der Waals surface area contributed by atoms with E-state index < -0.39 is 17.5 Å². The highest BCUT2D eigenvalue weighted by molar-refractivity contribution is 6.10. The predicted octanol–water partition coefficient (Wildman–Crippen LogP) is 3.09. The van der Waals surface area contributed by atoms with Gasteiger partial charge in [-0.3, -0.25) is 9.59 Å². The molecule has 2 heterocycles. The molecule has 0 saturated carbocycles. The number of aromatic amines is 1. The predicted molar refractivity (Wildman–Crippen MR) is 122 cm³/mol. The van der Waals surface area contributed by atoms with Gasteiger partial charge in [0, 0.05) is 54.8 Å². The molecular formula is C25H26F2N4O2. The molecule has 8 heteroatoms. The van der Waals surface area contributed by atoms with Crippen LogP contribution in [-0.4, -0.2) is 59.8 Å². The van der Waals surface area contributed by atoms with Crippen molar-refractivity contribution in [3.8, 4) is 11.1 Å². The Hall–Kier alpha value is -3.26. The Morgan fingerprint density at radius 1 is 1.06 bits per heavy atom. The SMILES string of the molecule is CN1CCN(C(=O)C2CCc3c([nH]c4c(C(N)=O)ccc(-c5ccc(F)cc5F)c34)C2)CC1. The Morgan fingerprint density at radius 2 is 1.79 bits per heavy atom. The number of benzene rings is 2. The third-order valence-electron chi connectivity index (χ3n) is 6.99. The second-order valence-corrected chi connectivity index (χ2v) is 9.05. The summed E-state index contributed by atoms with van der Waals surface area (Å²) >= 11 is 0. The lowest BCUT2D eigenvalue weighted by Gasteiger charge is -2.35. The number of hydrogen-bond acceptors (Lipinski definition) is 3. The number of aryl methyl sites for hydroxylation is 1. The molecule has 3 aromatic rings. The molecule has 1 saturated heterocycles. The van der Waals surface area contributed by atoms with E-state index in [0.29, 0.717) is 35.9 Å². The lowest BCUT2D eigenvalue weighted by atomic mass is 9.84. The van der Waals surface area contributed by atoms with Gasteiger partial charge in [-0.1, -0.05) is 6.07 Å². The highest BCUT2D eigenvalue weighted by atomic mass is 19.1. The summed E-state index contributed by atoms with van der Waals surface area (Å²) < 4.78 is 28.2.